The molecule has 0 saturated heterocycles. The lowest BCUT2D eigenvalue weighted by atomic mass is 10.3. The van der Waals surface area contributed by atoms with Gasteiger partial charge in [0.1, 0.15) is 5.69 Å². The molecule has 1 aromatic rings. The summed E-state index contributed by atoms with van der Waals surface area (Å²) in [5.74, 6) is 0. The predicted octanol–water partition coefficient (Wildman–Crippen LogP) is 3.65. The number of halogens is 1. The highest BCUT2D eigenvalue weighted by molar-refractivity contribution is 6.31. The Balaban J connectivity index is 2.49. The van der Waals surface area contributed by atoms with E-state index in [0.717, 1.165) is 31.5 Å². The van der Waals surface area contributed by atoms with Crippen molar-refractivity contribution in [3.63, 3.8) is 0 Å². The molecule has 0 aliphatic heterocycles. The van der Waals surface area contributed by atoms with Crippen LogP contribution in [-0.2, 0) is 17.9 Å². The molecule has 0 aliphatic rings. The molecule has 0 amide bonds. The van der Waals surface area contributed by atoms with Gasteiger partial charge < -0.3 is 4.74 Å². The normalized spacial score (nSPS) is 13.0. The lowest BCUT2D eigenvalue weighted by Crippen LogP contribution is -2.07. The van der Waals surface area contributed by atoms with Gasteiger partial charge in [-0.2, -0.15) is 5.10 Å². The molecule has 0 aliphatic carbocycles. The summed E-state index contributed by atoms with van der Waals surface area (Å²) in [7, 11) is 0. The van der Waals surface area contributed by atoms with Crippen molar-refractivity contribution >= 4 is 11.6 Å². The van der Waals surface area contributed by atoms with Gasteiger partial charge in [0.25, 0.3) is 0 Å². The van der Waals surface area contributed by atoms with Crippen LogP contribution in [0.3, 0.4) is 0 Å². The van der Waals surface area contributed by atoms with Crippen LogP contribution in [0, 0.1) is 0 Å². The third kappa shape index (κ3) is 4.14. The second-order valence-electron chi connectivity index (χ2n) is 4.07. The van der Waals surface area contributed by atoms with Crippen molar-refractivity contribution in [2.24, 2.45) is 0 Å². The van der Waals surface area contributed by atoms with Crippen LogP contribution in [0.2, 0.25) is 5.02 Å². The van der Waals surface area contributed by atoms with E-state index in [1.165, 1.54) is 0 Å². The van der Waals surface area contributed by atoms with Crippen molar-refractivity contribution in [2.75, 3.05) is 0 Å². The molecular formula is C12H21ClN2O. The number of aromatic nitrogens is 2. The second-order valence-corrected chi connectivity index (χ2v) is 4.48. The van der Waals surface area contributed by atoms with Gasteiger partial charge in [0.2, 0.25) is 0 Å². The summed E-state index contributed by atoms with van der Waals surface area (Å²) in [5, 5.41) is 5.12. The van der Waals surface area contributed by atoms with Gasteiger partial charge in [-0.05, 0) is 19.8 Å². The van der Waals surface area contributed by atoms with Gasteiger partial charge in [-0.25, -0.2) is 0 Å². The zero-order valence-electron chi connectivity index (χ0n) is 10.4. The lowest BCUT2D eigenvalue weighted by Gasteiger charge is -2.08. The first-order chi connectivity index (χ1) is 7.67. The summed E-state index contributed by atoms with van der Waals surface area (Å²) in [4.78, 5) is 0. The van der Waals surface area contributed by atoms with Crippen LogP contribution in [0.15, 0.2) is 6.20 Å². The predicted molar refractivity (Wildman–Crippen MR) is 66.7 cm³/mol. The standard InChI is InChI=1S/C12H21ClN2O/c1-4-6-7-15-8-11(13)12(14-15)9-16-10(3)5-2/h8,10H,4-7,9H2,1-3H3. The SMILES string of the molecule is CCCCn1cc(Cl)c(COC(C)CC)n1. The highest BCUT2D eigenvalue weighted by atomic mass is 35.5. The Morgan fingerprint density at radius 3 is 2.88 bits per heavy atom. The Kier molecular flexibility index (Phi) is 5.85. The highest BCUT2D eigenvalue weighted by Crippen LogP contribution is 2.16. The fourth-order valence-corrected chi connectivity index (χ4v) is 1.51. The first-order valence-electron chi connectivity index (χ1n) is 6.00. The first-order valence-corrected chi connectivity index (χ1v) is 6.38. The minimum absolute atomic E-state index is 0.261. The average Bonchev–Trinajstić information content (AvgIpc) is 2.64. The molecule has 1 aromatic heterocycles. The summed E-state index contributed by atoms with van der Waals surface area (Å²) in [6.07, 6.45) is 5.44. The summed E-state index contributed by atoms with van der Waals surface area (Å²) >= 11 is 6.09. The van der Waals surface area contributed by atoms with Crippen LogP contribution < -0.4 is 0 Å². The molecule has 1 atom stereocenters. The lowest BCUT2D eigenvalue weighted by molar-refractivity contribution is 0.0486. The van der Waals surface area contributed by atoms with E-state index in [1.807, 2.05) is 10.9 Å². The molecule has 0 bridgehead atoms. The molecule has 0 radical (unpaired) electrons. The molecule has 4 heteroatoms. The van der Waals surface area contributed by atoms with Crippen LogP contribution in [0.5, 0.6) is 0 Å². The Morgan fingerprint density at radius 1 is 1.50 bits per heavy atom. The Labute approximate surface area is 103 Å². The van der Waals surface area contributed by atoms with Gasteiger partial charge in [0.05, 0.1) is 17.7 Å². The van der Waals surface area contributed by atoms with Gasteiger partial charge in [0.15, 0.2) is 0 Å². The topological polar surface area (TPSA) is 27.1 Å². The quantitative estimate of drug-likeness (QED) is 0.732. The third-order valence-electron chi connectivity index (χ3n) is 2.61. The monoisotopic (exact) mass is 244 g/mol. The van der Waals surface area contributed by atoms with Crippen LogP contribution in [0.1, 0.15) is 45.7 Å². The zero-order chi connectivity index (χ0) is 12.0. The molecule has 1 unspecified atom stereocenters. The largest absolute Gasteiger partial charge is 0.372 e. The van der Waals surface area contributed by atoms with Crippen molar-refractivity contribution in [1.82, 2.24) is 9.78 Å². The maximum absolute atomic E-state index is 6.09. The molecule has 0 N–H and O–H groups in total. The summed E-state index contributed by atoms with van der Waals surface area (Å²) in [6, 6.07) is 0. The molecule has 0 spiro atoms. The minimum Gasteiger partial charge on any atom is -0.372 e. The summed E-state index contributed by atoms with van der Waals surface area (Å²) < 4.78 is 7.52. The van der Waals surface area contributed by atoms with Gasteiger partial charge in [0, 0.05) is 12.7 Å². The minimum atomic E-state index is 0.261. The van der Waals surface area contributed by atoms with Crippen molar-refractivity contribution < 1.29 is 4.74 Å². The molecule has 1 rings (SSSR count). The van der Waals surface area contributed by atoms with E-state index in [4.69, 9.17) is 16.3 Å². The maximum Gasteiger partial charge on any atom is 0.107 e. The fraction of sp³-hybridized carbons (Fsp3) is 0.750. The van der Waals surface area contributed by atoms with E-state index in [9.17, 15) is 0 Å². The van der Waals surface area contributed by atoms with Crippen LogP contribution >= 0.6 is 11.6 Å². The van der Waals surface area contributed by atoms with Crippen molar-refractivity contribution in [3.05, 3.63) is 16.9 Å². The Bertz CT molecular complexity index is 312. The summed E-state index contributed by atoms with van der Waals surface area (Å²) in [5.41, 5.74) is 0.845. The molecule has 0 saturated carbocycles. The van der Waals surface area contributed by atoms with Crippen LogP contribution in [0.4, 0.5) is 0 Å². The van der Waals surface area contributed by atoms with E-state index in [-0.39, 0.29) is 6.10 Å². The van der Waals surface area contributed by atoms with Gasteiger partial charge in [-0.3, -0.25) is 4.68 Å². The van der Waals surface area contributed by atoms with Crippen molar-refractivity contribution in [3.8, 4) is 0 Å². The molecule has 16 heavy (non-hydrogen) atoms. The number of unbranched alkanes of at least 4 members (excludes halogenated alkanes) is 1. The van der Waals surface area contributed by atoms with E-state index in [0.29, 0.717) is 11.6 Å². The van der Waals surface area contributed by atoms with E-state index in [2.05, 4.69) is 25.9 Å². The highest BCUT2D eigenvalue weighted by Gasteiger charge is 2.08. The summed E-state index contributed by atoms with van der Waals surface area (Å²) in [6.45, 7) is 7.76. The number of rotatable bonds is 7. The van der Waals surface area contributed by atoms with Gasteiger partial charge in [-0.15, -0.1) is 0 Å². The van der Waals surface area contributed by atoms with Crippen molar-refractivity contribution in [1.29, 1.82) is 0 Å². The molecule has 92 valence electrons. The van der Waals surface area contributed by atoms with E-state index < -0.39 is 0 Å². The average molecular weight is 245 g/mol. The smallest absolute Gasteiger partial charge is 0.107 e. The maximum atomic E-state index is 6.09. The number of hydrogen-bond donors (Lipinski definition) is 0. The molecule has 0 fully saturated rings. The van der Waals surface area contributed by atoms with Gasteiger partial charge in [-0.1, -0.05) is 31.9 Å². The second kappa shape index (κ2) is 6.92. The number of aryl methyl sites for hydroxylation is 1. The molecular weight excluding hydrogens is 224 g/mol. The van der Waals surface area contributed by atoms with Crippen LogP contribution in [-0.4, -0.2) is 15.9 Å². The Hall–Kier alpha value is -0.540. The molecule has 0 aromatic carbocycles. The first kappa shape index (κ1) is 13.5. The van der Waals surface area contributed by atoms with E-state index in [1.54, 1.807) is 0 Å². The molecule has 3 nitrogen and oxygen atoms in total. The number of ether oxygens (including phenoxy) is 1. The Morgan fingerprint density at radius 2 is 2.25 bits per heavy atom. The molecule has 1 heterocycles. The van der Waals surface area contributed by atoms with Gasteiger partial charge >= 0.3 is 0 Å². The zero-order valence-corrected chi connectivity index (χ0v) is 11.1. The number of hydrogen-bond acceptors (Lipinski definition) is 2. The van der Waals surface area contributed by atoms with Crippen LogP contribution in [0.25, 0.3) is 0 Å². The fourth-order valence-electron chi connectivity index (χ4n) is 1.31. The third-order valence-corrected chi connectivity index (χ3v) is 2.92. The van der Waals surface area contributed by atoms with E-state index >= 15 is 0 Å². The van der Waals surface area contributed by atoms with Crippen molar-refractivity contribution in [2.45, 2.75) is 59.3 Å². The number of nitrogens with zero attached hydrogens (tertiary/aromatic N) is 2.